The molecule has 0 saturated carbocycles. The molecule has 0 aliphatic heterocycles. The van der Waals surface area contributed by atoms with E-state index in [-0.39, 0.29) is 5.91 Å². The summed E-state index contributed by atoms with van der Waals surface area (Å²) in [4.78, 5) is 12.9. The number of carbonyl (C=O) groups excluding carboxylic acids is 1. The molecule has 0 aliphatic rings. The Morgan fingerprint density at radius 3 is 2.74 bits per heavy atom. The molecular formula is C20H20N4OS2. The van der Waals surface area contributed by atoms with Crippen molar-refractivity contribution in [3.8, 4) is 0 Å². The van der Waals surface area contributed by atoms with Crippen LogP contribution in [-0.2, 0) is 13.0 Å². The zero-order valence-corrected chi connectivity index (χ0v) is 16.8. The third-order valence-corrected chi connectivity index (χ3v) is 6.37. The largest absolute Gasteiger partial charge is 0.335 e. The number of hydrogen-bond acceptors (Lipinski definition) is 5. The van der Waals surface area contributed by atoms with Crippen molar-refractivity contribution in [1.82, 2.24) is 14.8 Å². The average Bonchev–Trinajstić information content (AvgIpc) is 3.37. The van der Waals surface area contributed by atoms with Gasteiger partial charge >= 0.3 is 0 Å². The Bertz CT molecular complexity index is 1060. The number of aryl methyl sites for hydroxylation is 2. The third-order valence-electron chi connectivity index (χ3n) is 4.38. The molecule has 1 amide bonds. The fourth-order valence-corrected chi connectivity index (χ4v) is 4.53. The predicted octanol–water partition coefficient (Wildman–Crippen LogP) is 5.17. The van der Waals surface area contributed by atoms with Crippen LogP contribution in [0.2, 0.25) is 0 Å². The molecule has 0 spiro atoms. The first-order chi connectivity index (χ1) is 13.1. The number of amides is 1. The van der Waals surface area contributed by atoms with Crippen LogP contribution in [0.15, 0.2) is 47.8 Å². The highest BCUT2D eigenvalue weighted by molar-refractivity contribution is 7.17. The smallest absolute Gasteiger partial charge is 0.274 e. The van der Waals surface area contributed by atoms with Crippen molar-refractivity contribution in [1.29, 1.82) is 0 Å². The highest BCUT2D eigenvalue weighted by Crippen LogP contribution is 2.27. The number of aromatic nitrogens is 3. The van der Waals surface area contributed by atoms with Gasteiger partial charge in [-0.15, -0.1) is 21.5 Å². The topological polar surface area (TPSA) is 59.8 Å². The molecule has 0 fully saturated rings. The summed E-state index contributed by atoms with van der Waals surface area (Å²) in [7, 11) is 0. The Kier molecular flexibility index (Phi) is 5.05. The van der Waals surface area contributed by atoms with Crippen LogP contribution in [0.1, 0.15) is 40.8 Å². The van der Waals surface area contributed by atoms with Crippen molar-refractivity contribution in [2.45, 2.75) is 32.7 Å². The quantitative estimate of drug-likeness (QED) is 0.489. The molecule has 5 nitrogen and oxygen atoms in total. The summed E-state index contributed by atoms with van der Waals surface area (Å²) in [6.45, 7) is 4.88. The second-order valence-electron chi connectivity index (χ2n) is 6.64. The first kappa shape index (κ1) is 17.9. The Hall–Kier alpha value is -2.51. The Labute approximate surface area is 165 Å². The fraction of sp³-hybridized carbons (Fsp3) is 0.250. The van der Waals surface area contributed by atoms with Gasteiger partial charge in [-0.2, -0.15) is 0 Å². The number of nitrogens with one attached hydrogen (secondary N) is 1. The summed E-state index contributed by atoms with van der Waals surface area (Å²) in [5.41, 5.74) is 3.02. The zero-order chi connectivity index (χ0) is 18.8. The van der Waals surface area contributed by atoms with Crippen LogP contribution in [0.25, 0.3) is 10.2 Å². The van der Waals surface area contributed by atoms with Gasteiger partial charge in [0.15, 0.2) is 0 Å². The van der Waals surface area contributed by atoms with E-state index in [2.05, 4.69) is 57.5 Å². The standard InChI is InChI=1S/C20H20N4OS2/c1-13(2)19-22-23-20(27-19)21-18(25)16-12-17-15(9-11-26-17)24(16)10-8-14-6-4-3-5-7-14/h3-7,9,11-13H,8,10H2,1-2H3,(H,21,23,25). The highest BCUT2D eigenvalue weighted by Gasteiger charge is 2.18. The van der Waals surface area contributed by atoms with E-state index in [1.807, 2.05) is 24.3 Å². The highest BCUT2D eigenvalue weighted by atomic mass is 32.1. The number of benzene rings is 1. The molecule has 1 N–H and O–H groups in total. The minimum atomic E-state index is -0.141. The molecule has 0 radical (unpaired) electrons. The van der Waals surface area contributed by atoms with Crippen molar-refractivity contribution in [3.63, 3.8) is 0 Å². The van der Waals surface area contributed by atoms with Crippen molar-refractivity contribution >= 4 is 43.9 Å². The van der Waals surface area contributed by atoms with Gasteiger partial charge in [-0.25, -0.2) is 0 Å². The van der Waals surface area contributed by atoms with Gasteiger partial charge in [0.2, 0.25) is 5.13 Å². The molecule has 0 bridgehead atoms. The lowest BCUT2D eigenvalue weighted by atomic mass is 10.1. The number of anilines is 1. The average molecular weight is 397 g/mol. The van der Waals surface area contributed by atoms with Crippen molar-refractivity contribution in [2.75, 3.05) is 5.32 Å². The number of fused-ring (bicyclic) bond motifs is 1. The van der Waals surface area contributed by atoms with Crippen LogP contribution in [0.5, 0.6) is 0 Å². The van der Waals surface area contributed by atoms with Gasteiger partial charge in [-0.05, 0) is 29.5 Å². The van der Waals surface area contributed by atoms with E-state index < -0.39 is 0 Å². The Morgan fingerprint density at radius 1 is 1.19 bits per heavy atom. The molecule has 7 heteroatoms. The molecule has 3 aromatic heterocycles. The normalized spacial score (nSPS) is 11.4. The van der Waals surface area contributed by atoms with Crippen LogP contribution in [0.4, 0.5) is 5.13 Å². The van der Waals surface area contributed by atoms with Gasteiger partial charge in [0.25, 0.3) is 5.91 Å². The second kappa shape index (κ2) is 7.62. The Balaban J connectivity index is 1.58. The molecule has 0 atom stereocenters. The molecule has 27 heavy (non-hydrogen) atoms. The number of carbonyl (C=O) groups is 1. The molecule has 4 aromatic rings. The van der Waals surface area contributed by atoms with E-state index in [4.69, 9.17) is 0 Å². The minimum absolute atomic E-state index is 0.141. The van der Waals surface area contributed by atoms with E-state index in [1.54, 1.807) is 11.3 Å². The van der Waals surface area contributed by atoms with Crippen LogP contribution in [-0.4, -0.2) is 20.7 Å². The minimum Gasteiger partial charge on any atom is -0.335 e. The van der Waals surface area contributed by atoms with Crippen LogP contribution < -0.4 is 5.32 Å². The van der Waals surface area contributed by atoms with E-state index >= 15 is 0 Å². The monoisotopic (exact) mass is 396 g/mol. The Morgan fingerprint density at radius 2 is 2.00 bits per heavy atom. The van der Waals surface area contributed by atoms with Crippen molar-refractivity contribution < 1.29 is 4.79 Å². The van der Waals surface area contributed by atoms with Gasteiger partial charge in [-0.3, -0.25) is 10.1 Å². The fourth-order valence-electron chi connectivity index (χ4n) is 2.97. The summed E-state index contributed by atoms with van der Waals surface area (Å²) < 4.78 is 3.21. The van der Waals surface area contributed by atoms with E-state index in [9.17, 15) is 4.79 Å². The maximum absolute atomic E-state index is 12.9. The summed E-state index contributed by atoms with van der Waals surface area (Å²) in [5.74, 6) is 0.158. The zero-order valence-electron chi connectivity index (χ0n) is 15.2. The van der Waals surface area contributed by atoms with Crippen LogP contribution in [0.3, 0.4) is 0 Å². The molecule has 0 unspecified atom stereocenters. The van der Waals surface area contributed by atoms with E-state index in [0.29, 0.717) is 16.7 Å². The van der Waals surface area contributed by atoms with Gasteiger partial charge in [0, 0.05) is 12.5 Å². The summed E-state index contributed by atoms with van der Waals surface area (Å²) in [6, 6.07) is 14.4. The molecule has 0 aliphatic carbocycles. The second-order valence-corrected chi connectivity index (χ2v) is 8.60. The van der Waals surface area contributed by atoms with Gasteiger partial charge in [0.1, 0.15) is 10.7 Å². The lowest BCUT2D eigenvalue weighted by Gasteiger charge is -2.10. The SMILES string of the molecule is CC(C)c1nnc(NC(=O)c2cc3sccc3n2CCc2ccccc2)s1. The van der Waals surface area contributed by atoms with Gasteiger partial charge in [0.05, 0.1) is 10.2 Å². The molecule has 4 rings (SSSR count). The molecule has 0 saturated heterocycles. The van der Waals surface area contributed by atoms with Crippen molar-refractivity contribution in [2.24, 2.45) is 0 Å². The van der Waals surface area contributed by atoms with Crippen molar-refractivity contribution in [3.05, 3.63) is 64.1 Å². The number of hydrogen-bond donors (Lipinski definition) is 1. The predicted molar refractivity (Wildman–Crippen MR) is 112 cm³/mol. The van der Waals surface area contributed by atoms with Gasteiger partial charge < -0.3 is 4.57 Å². The summed E-state index contributed by atoms with van der Waals surface area (Å²) >= 11 is 3.08. The first-order valence-electron chi connectivity index (χ1n) is 8.87. The summed E-state index contributed by atoms with van der Waals surface area (Å²) in [6.07, 6.45) is 0.872. The number of thiophene rings is 1. The van der Waals surface area contributed by atoms with Crippen LogP contribution >= 0.6 is 22.7 Å². The molecule has 1 aromatic carbocycles. The molecule has 3 heterocycles. The first-order valence-corrected chi connectivity index (χ1v) is 10.6. The number of nitrogens with zero attached hydrogens (tertiary/aromatic N) is 3. The lowest BCUT2D eigenvalue weighted by Crippen LogP contribution is -2.17. The molecule has 138 valence electrons. The van der Waals surface area contributed by atoms with Crippen LogP contribution in [0, 0.1) is 0 Å². The third kappa shape index (κ3) is 3.79. The molecular weight excluding hydrogens is 376 g/mol. The van der Waals surface area contributed by atoms with E-state index in [1.165, 1.54) is 16.9 Å². The summed E-state index contributed by atoms with van der Waals surface area (Å²) in [5, 5.41) is 14.7. The maximum Gasteiger partial charge on any atom is 0.274 e. The van der Waals surface area contributed by atoms with E-state index in [0.717, 1.165) is 28.2 Å². The van der Waals surface area contributed by atoms with Gasteiger partial charge in [-0.1, -0.05) is 55.5 Å². The maximum atomic E-state index is 12.9. The lowest BCUT2D eigenvalue weighted by molar-refractivity contribution is 0.101. The number of rotatable bonds is 6.